The standard InChI is InChI=1S/C31H36N8/c1-38-11-13-39(14-12-38)29-8-4-7-26-24(29)16-28(34-26)31-30-27(36-37-31)10-9-25(35-30)23-15-22(19-33-20-23)18-32-17-21-5-2-3-6-21/h4,7-10,15-16,19-21,32,34H,2-3,5-6,11-14,17-18H2,1H3,(H,36,37). The monoisotopic (exact) mass is 520 g/mol. The molecule has 200 valence electrons. The van der Waals surface area contributed by atoms with E-state index < -0.39 is 0 Å². The molecule has 1 aromatic carbocycles. The maximum atomic E-state index is 5.07. The van der Waals surface area contributed by atoms with Crippen molar-refractivity contribution in [2.24, 2.45) is 5.92 Å². The van der Waals surface area contributed by atoms with E-state index in [1.165, 1.54) is 42.3 Å². The van der Waals surface area contributed by atoms with Gasteiger partial charge in [-0.3, -0.25) is 10.1 Å². The molecule has 1 saturated heterocycles. The van der Waals surface area contributed by atoms with Crippen LogP contribution in [0.1, 0.15) is 31.2 Å². The number of rotatable bonds is 7. The number of hydrogen-bond acceptors (Lipinski definition) is 6. The van der Waals surface area contributed by atoms with Crippen molar-refractivity contribution >= 4 is 27.6 Å². The van der Waals surface area contributed by atoms with Gasteiger partial charge in [0.25, 0.3) is 0 Å². The van der Waals surface area contributed by atoms with Crippen LogP contribution in [0, 0.1) is 5.92 Å². The number of H-pyrrole nitrogens is 2. The first-order chi connectivity index (χ1) is 19.2. The molecule has 39 heavy (non-hydrogen) atoms. The molecule has 8 nitrogen and oxygen atoms in total. The molecule has 2 fully saturated rings. The van der Waals surface area contributed by atoms with Gasteiger partial charge in [0.15, 0.2) is 0 Å². The molecule has 0 atom stereocenters. The van der Waals surface area contributed by atoms with Crippen LogP contribution < -0.4 is 10.2 Å². The van der Waals surface area contributed by atoms with E-state index in [0.717, 1.165) is 84.4 Å². The summed E-state index contributed by atoms with van der Waals surface area (Å²) in [7, 11) is 2.19. The van der Waals surface area contributed by atoms with Crippen LogP contribution in [0.25, 0.3) is 44.6 Å². The highest BCUT2D eigenvalue weighted by atomic mass is 15.2. The number of hydrogen-bond donors (Lipinski definition) is 3. The number of piperazine rings is 1. The fourth-order valence-corrected chi connectivity index (χ4v) is 6.20. The maximum Gasteiger partial charge on any atom is 0.135 e. The molecule has 8 heteroatoms. The van der Waals surface area contributed by atoms with Crippen molar-refractivity contribution in [3.8, 4) is 22.6 Å². The third kappa shape index (κ3) is 4.90. The number of fused-ring (bicyclic) bond motifs is 2. The van der Waals surface area contributed by atoms with Crippen LogP contribution in [0.5, 0.6) is 0 Å². The highest BCUT2D eigenvalue weighted by Crippen LogP contribution is 2.34. The van der Waals surface area contributed by atoms with Crippen molar-refractivity contribution in [1.82, 2.24) is 35.4 Å². The number of pyridine rings is 2. The molecule has 0 unspecified atom stereocenters. The van der Waals surface area contributed by atoms with Gasteiger partial charge in [-0.05, 0) is 74.3 Å². The smallest absolute Gasteiger partial charge is 0.135 e. The molecule has 3 N–H and O–H groups in total. The van der Waals surface area contributed by atoms with Gasteiger partial charge in [0, 0.05) is 67.3 Å². The molecule has 1 aliphatic heterocycles. The van der Waals surface area contributed by atoms with E-state index in [9.17, 15) is 0 Å². The predicted octanol–water partition coefficient (Wildman–Crippen LogP) is 5.20. The Morgan fingerprint density at radius 1 is 0.974 bits per heavy atom. The molecular formula is C31H36N8. The average molecular weight is 521 g/mol. The summed E-state index contributed by atoms with van der Waals surface area (Å²) in [6.07, 6.45) is 9.33. The van der Waals surface area contributed by atoms with Gasteiger partial charge in [0.1, 0.15) is 11.2 Å². The minimum Gasteiger partial charge on any atom is -0.368 e. The van der Waals surface area contributed by atoms with Gasteiger partial charge in [-0.25, -0.2) is 4.98 Å². The lowest BCUT2D eigenvalue weighted by Crippen LogP contribution is -2.44. The Labute approximate surface area is 228 Å². The quantitative estimate of drug-likeness (QED) is 0.273. The lowest BCUT2D eigenvalue weighted by molar-refractivity contribution is 0.313. The molecule has 5 heterocycles. The van der Waals surface area contributed by atoms with E-state index in [4.69, 9.17) is 4.98 Å². The zero-order valence-corrected chi connectivity index (χ0v) is 22.6. The topological polar surface area (TPSA) is 88.8 Å². The van der Waals surface area contributed by atoms with Gasteiger partial charge in [-0.1, -0.05) is 18.9 Å². The molecule has 0 radical (unpaired) electrons. The van der Waals surface area contributed by atoms with Gasteiger partial charge >= 0.3 is 0 Å². The fraction of sp³-hybridized carbons (Fsp3) is 0.387. The van der Waals surface area contributed by atoms with E-state index in [1.807, 2.05) is 18.5 Å². The number of benzene rings is 1. The molecule has 0 spiro atoms. The lowest BCUT2D eigenvalue weighted by atomic mass is 10.1. The maximum absolute atomic E-state index is 5.07. The Morgan fingerprint density at radius 3 is 2.72 bits per heavy atom. The minimum absolute atomic E-state index is 0.826. The first-order valence-corrected chi connectivity index (χ1v) is 14.3. The first-order valence-electron chi connectivity index (χ1n) is 14.3. The summed E-state index contributed by atoms with van der Waals surface area (Å²) in [6.45, 7) is 6.16. The molecule has 4 aromatic heterocycles. The first kappa shape index (κ1) is 24.3. The zero-order valence-electron chi connectivity index (χ0n) is 22.6. The van der Waals surface area contributed by atoms with E-state index >= 15 is 0 Å². The van der Waals surface area contributed by atoms with Crippen molar-refractivity contribution in [1.29, 1.82) is 0 Å². The molecule has 0 bridgehead atoms. The third-order valence-electron chi connectivity index (χ3n) is 8.48. The Hall–Kier alpha value is -3.75. The van der Waals surface area contributed by atoms with E-state index in [0.29, 0.717) is 0 Å². The van der Waals surface area contributed by atoms with Gasteiger partial charge < -0.3 is 20.1 Å². The van der Waals surface area contributed by atoms with Crippen LogP contribution in [-0.2, 0) is 6.54 Å². The van der Waals surface area contributed by atoms with Crippen LogP contribution in [0.3, 0.4) is 0 Å². The summed E-state index contributed by atoms with van der Waals surface area (Å²) in [5.74, 6) is 0.826. The zero-order chi connectivity index (χ0) is 26.2. The Bertz CT molecular complexity index is 1590. The van der Waals surface area contributed by atoms with Crippen LogP contribution in [0.4, 0.5) is 5.69 Å². The highest BCUT2D eigenvalue weighted by molar-refractivity contribution is 5.99. The average Bonchev–Trinajstić information content (AvgIpc) is 3.73. The van der Waals surface area contributed by atoms with E-state index in [2.05, 4.69) is 78.7 Å². The van der Waals surface area contributed by atoms with Gasteiger partial charge in [-0.2, -0.15) is 5.10 Å². The van der Waals surface area contributed by atoms with Gasteiger partial charge in [-0.15, -0.1) is 0 Å². The Morgan fingerprint density at radius 2 is 1.85 bits per heavy atom. The molecule has 1 saturated carbocycles. The lowest BCUT2D eigenvalue weighted by Gasteiger charge is -2.34. The predicted molar refractivity (Wildman–Crippen MR) is 158 cm³/mol. The van der Waals surface area contributed by atoms with Crippen molar-refractivity contribution in [3.63, 3.8) is 0 Å². The van der Waals surface area contributed by atoms with E-state index in [1.54, 1.807) is 0 Å². The minimum atomic E-state index is 0.826. The fourth-order valence-electron chi connectivity index (χ4n) is 6.20. The highest BCUT2D eigenvalue weighted by Gasteiger charge is 2.19. The van der Waals surface area contributed by atoms with Gasteiger partial charge in [0.05, 0.1) is 16.9 Å². The molecule has 1 aliphatic carbocycles. The number of anilines is 1. The van der Waals surface area contributed by atoms with Crippen LogP contribution in [0.15, 0.2) is 54.9 Å². The van der Waals surface area contributed by atoms with Crippen molar-refractivity contribution in [2.45, 2.75) is 32.2 Å². The van der Waals surface area contributed by atoms with Crippen LogP contribution >= 0.6 is 0 Å². The summed E-state index contributed by atoms with van der Waals surface area (Å²) in [5, 5.41) is 12.7. The summed E-state index contributed by atoms with van der Waals surface area (Å²) in [4.78, 5) is 18.1. The second-order valence-electron chi connectivity index (χ2n) is 11.2. The van der Waals surface area contributed by atoms with Gasteiger partial charge in [0.2, 0.25) is 0 Å². The number of likely N-dealkylation sites (N-methyl/N-ethyl adjacent to an activating group) is 1. The normalized spacial score (nSPS) is 17.1. The largest absolute Gasteiger partial charge is 0.368 e. The molecule has 5 aromatic rings. The second kappa shape index (κ2) is 10.4. The van der Waals surface area contributed by atoms with Crippen molar-refractivity contribution < 1.29 is 0 Å². The number of aromatic nitrogens is 5. The van der Waals surface area contributed by atoms with Crippen LogP contribution in [0.2, 0.25) is 0 Å². The third-order valence-corrected chi connectivity index (χ3v) is 8.48. The van der Waals surface area contributed by atoms with Crippen molar-refractivity contribution in [2.75, 3.05) is 44.7 Å². The summed E-state index contributed by atoms with van der Waals surface area (Å²) in [6, 6.07) is 15.1. The van der Waals surface area contributed by atoms with Crippen LogP contribution in [-0.4, -0.2) is 69.8 Å². The molecule has 2 aliphatic rings. The van der Waals surface area contributed by atoms with E-state index in [-0.39, 0.29) is 0 Å². The number of nitrogens with zero attached hydrogens (tertiary/aromatic N) is 5. The molecular weight excluding hydrogens is 484 g/mol. The summed E-state index contributed by atoms with van der Waals surface area (Å²) in [5.41, 5.74) is 9.13. The van der Waals surface area contributed by atoms with Crippen molar-refractivity contribution in [3.05, 3.63) is 60.4 Å². The summed E-state index contributed by atoms with van der Waals surface area (Å²) < 4.78 is 0. The number of nitrogens with one attached hydrogen (secondary N) is 3. The number of aromatic amines is 2. The Kier molecular flexibility index (Phi) is 6.50. The SMILES string of the molecule is CN1CCN(c2cccc3[nH]c(-c4n[nH]c5ccc(-c6cncc(CNCC7CCCC7)c6)nc45)cc23)CC1. The second-order valence-corrected chi connectivity index (χ2v) is 11.2. The Balaban J connectivity index is 1.17. The molecule has 7 rings (SSSR count). The molecule has 0 amide bonds. The summed E-state index contributed by atoms with van der Waals surface area (Å²) >= 11 is 0.